The average Bonchev–Trinajstić information content (AvgIpc) is 2.91. The number of aryl methyl sites for hydroxylation is 1. The number of allylic oxidation sites excluding steroid dienone is 2. The molecule has 3 amide bonds. The van der Waals surface area contributed by atoms with Crippen LogP contribution >= 0.6 is 11.3 Å². The van der Waals surface area contributed by atoms with Gasteiger partial charge in [-0.2, -0.15) is 0 Å². The maximum Gasteiger partial charge on any atom is 0.326 e. The molecule has 2 aliphatic heterocycles. The zero-order chi connectivity index (χ0) is 16.1. The van der Waals surface area contributed by atoms with Crippen LogP contribution in [0.2, 0.25) is 0 Å². The molecule has 1 saturated heterocycles. The molecule has 3 heterocycles. The highest BCUT2D eigenvalue weighted by molar-refractivity contribution is 7.10. The van der Waals surface area contributed by atoms with Crippen molar-refractivity contribution in [1.82, 2.24) is 10.6 Å². The molecule has 23 heavy (non-hydrogen) atoms. The Hall–Kier alpha value is -2.28. The molecule has 2 unspecified atom stereocenters. The molecule has 1 aliphatic carbocycles. The van der Waals surface area contributed by atoms with Gasteiger partial charge in [0, 0.05) is 28.5 Å². The largest absolute Gasteiger partial charge is 0.326 e. The van der Waals surface area contributed by atoms with Gasteiger partial charge in [-0.3, -0.25) is 20.2 Å². The molecule has 1 fully saturated rings. The van der Waals surface area contributed by atoms with E-state index in [0.29, 0.717) is 24.3 Å². The number of urea groups is 1. The lowest BCUT2D eigenvalue weighted by molar-refractivity contribution is -0.122. The second kappa shape index (κ2) is 5.13. The lowest BCUT2D eigenvalue weighted by atomic mass is 9.74. The average molecular weight is 329 g/mol. The van der Waals surface area contributed by atoms with Gasteiger partial charge < -0.3 is 0 Å². The van der Waals surface area contributed by atoms with E-state index in [1.54, 1.807) is 0 Å². The smallest absolute Gasteiger partial charge is 0.295 e. The second-order valence-electron chi connectivity index (χ2n) is 6.00. The van der Waals surface area contributed by atoms with Gasteiger partial charge in [-0.05, 0) is 36.8 Å². The highest BCUT2D eigenvalue weighted by atomic mass is 32.1. The minimum atomic E-state index is -0.647. The van der Waals surface area contributed by atoms with Gasteiger partial charge in [0.05, 0.1) is 0 Å². The quantitative estimate of drug-likeness (QED) is 0.826. The van der Waals surface area contributed by atoms with Crippen LogP contribution in [-0.2, 0) is 9.59 Å². The molecule has 1 aromatic heterocycles. The van der Waals surface area contributed by atoms with Crippen molar-refractivity contribution in [3.05, 3.63) is 33.2 Å². The molecular weight excluding hydrogens is 314 g/mol. The second-order valence-corrected chi connectivity index (χ2v) is 6.95. The zero-order valence-corrected chi connectivity index (χ0v) is 13.3. The van der Waals surface area contributed by atoms with E-state index in [0.717, 1.165) is 22.6 Å². The van der Waals surface area contributed by atoms with Crippen LogP contribution in [0.3, 0.4) is 0 Å². The number of carbonyl (C=O) groups is 3. The maximum absolute atomic E-state index is 12.5. The number of amidine groups is 1. The Kier molecular flexibility index (Phi) is 3.19. The third kappa shape index (κ3) is 2.15. The van der Waals surface area contributed by atoms with E-state index in [2.05, 4.69) is 15.6 Å². The predicted octanol–water partition coefficient (Wildman–Crippen LogP) is 2.01. The van der Waals surface area contributed by atoms with Crippen molar-refractivity contribution in [2.45, 2.75) is 32.1 Å². The number of imide groups is 1. The van der Waals surface area contributed by atoms with E-state index in [9.17, 15) is 14.4 Å². The molecule has 2 N–H and O–H groups in total. The standard InChI is InChI=1S/C16H15N3O3S/c1-7-5-6-23-13(7)11-10-8(3-2-4-9(10)20)17-14-12(11)15(21)19-16(22)18-14/h5-6,11-12H,2-4H2,1H3,(H2,17,18,19,21,22). The summed E-state index contributed by atoms with van der Waals surface area (Å²) in [6, 6.07) is 1.43. The summed E-state index contributed by atoms with van der Waals surface area (Å²) in [5, 5.41) is 6.91. The first kappa shape index (κ1) is 14.3. The number of fused-ring (bicyclic) bond motifs is 1. The summed E-state index contributed by atoms with van der Waals surface area (Å²) in [6.45, 7) is 1.98. The molecule has 118 valence electrons. The Morgan fingerprint density at radius 1 is 1.17 bits per heavy atom. The van der Waals surface area contributed by atoms with Crippen LogP contribution in [0, 0.1) is 12.8 Å². The fourth-order valence-corrected chi connectivity index (χ4v) is 4.63. The number of carbonyl (C=O) groups excluding carboxylic acids is 3. The minimum Gasteiger partial charge on any atom is -0.295 e. The van der Waals surface area contributed by atoms with E-state index in [1.165, 1.54) is 11.3 Å². The molecule has 2 atom stereocenters. The van der Waals surface area contributed by atoms with Crippen LogP contribution in [-0.4, -0.2) is 23.6 Å². The molecule has 0 radical (unpaired) electrons. The number of hydrogen-bond acceptors (Lipinski definition) is 5. The van der Waals surface area contributed by atoms with Gasteiger partial charge in [0.15, 0.2) is 5.78 Å². The molecule has 3 aliphatic rings. The molecule has 0 spiro atoms. The highest BCUT2D eigenvalue weighted by Crippen LogP contribution is 2.45. The van der Waals surface area contributed by atoms with E-state index < -0.39 is 17.9 Å². The van der Waals surface area contributed by atoms with Gasteiger partial charge in [-0.25, -0.2) is 9.79 Å². The molecule has 7 heteroatoms. The number of rotatable bonds is 1. The topological polar surface area (TPSA) is 87.6 Å². The summed E-state index contributed by atoms with van der Waals surface area (Å²) in [5.74, 6) is -0.964. The van der Waals surface area contributed by atoms with Crippen molar-refractivity contribution in [1.29, 1.82) is 0 Å². The van der Waals surface area contributed by atoms with E-state index in [1.807, 2.05) is 18.4 Å². The predicted molar refractivity (Wildman–Crippen MR) is 85.3 cm³/mol. The molecule has 4 rings (SSSR count). The van der Waals surface area contributed by atoms with E-state index >= 15 is 0 Å². The van der Waals surface area contributed by atoms with Crippen molar-refractivity contribution >= 4 is 34.9 Å². The van der Waals surface area contributed by atoms with Gasteiger partial charge in [0.2, 0.25) is 5.91 Å². The van der Waals surface area contributed by atoms with Gasteiger partial charge in [0.25, 0.3) is 0 Å². The number of nitrogens with one attached hydrogen (secondary N) is 2. The van der Waals surface area contributed by atoms with Crippen LogP contribution in [0.1, 0.15) is 35.6 Å². The molecule has 6 nitrogen and oxygen atoms in total. The summed E-state index contributed by atoms with van der Waals surface area (Å²) < 4.78 is 0. The Morgan fingerprint density at radius 3 is 2.74 bits per heavy atom. The first-order chi connectivity index (χ1) is 11.1. The van der Waals surface area contributed by atoms with Crippen molar-refractivity contribution < 1.29 is 14.4 Å². The number of amides is 3. The Bertz CT molecular complexity index is 805. The molecule has 0 saturated carbocycles. The first-order valence-corrected chi connectivity index (χ1v) is 8.45. The van der Waals surface area contributed by atoms with Gasteiger partial charge in [-0.15, -0.1) is 11.3 Å². The van der Waals surface area contributed by atoms with Crippen LogP contribution in [0.15, 0.2) is 27.7 Å². The summed E-state index contributed by atoms with van der Waals surface area (Å²) >= 11 is 1.54. The van der Waals surface area contributed by atoms with Gasteiger partial charge >= 0.3 is 6.03 Å². The third-order valence-electron chi connectivity index (χ3n) is 4.57. The Balaban J connectivity index is 1.93. The van der Waals surface area contributed by atoms with Gasteiger partial charge in [0.1, 0.15) is 11.8 Å². The van der Waals surface area contributed by atoms with Crippen molar-refractivity contribution in [2.24, 2.45) is 10.9 Å². The fraction of sp³-hybridized carbons (Fsp3) is 0.375. The lowest BCUT2D eigenvalue weighted by Crippen LogP contribution is -2.58. The molecular formula is C16H15N3O3S. The molecule has 1 aromatic rings. The summed E-state index contributed by atoms with van der Waals surface area (Å²) in [4.78, 5) is 42.1. The number of ketones is 1. The Morgan fingerprint density at radius 2 is 2.00 bits per heavy atom. The summed E-state index contributed by atoms with van der Waals surface area (Å²) in [6.07, 6.45) is 1.95. The number of hydrogen-bond donors (Lipinski definition) is 2. The number of Topliss-reactive ketones (excluding diaryl/α,β-unsaturated/α-hetero) is 1. The van der Waals surface area contributed by atoms with Gasteiger partial charge in [-0.1, -0.05) is 0 Å². The first-order valence-electron chi connectivity index (χ1n) is 7.57. The number of thiophene rings is 1. The zero-order valence-electron chi connectivity index (χ0n) is 12.5. The van der Waals surface area contributed by atoms with Crippen molar-refractivity contribution in [2.75, 3.05) is 0 Å². The third-order valence-corrected chi connectivity index (χ3v) is 5.67. The summed E-state index contributed by atoms with van der Waals surface area (Å²) in [5.41, 5.74) is 2.43. The SMILES string of the molecule is Cc1ccsc1C1C2=C(CCCC2=O)N=C2NC(=O)NC(=O)C21. The van der Waals surface area contributed by atoms with Crippen molar-refractivity contribution in [3.63, 3.8) is 0 Å². The molecule has 0 aromatic carbocycles. The monoisotopic (exact) mass is 329 g/mol. The number of aliphatic imine (C=N–C) groups is 1. The fourth-order valence-electron chi connectivity index (χ4n) is 3.56. The van der Waals surface area contributed by atoms with Crippen LogP contribution in [0.5, 0.6) is 0 Å². The van der Waals surface area contributed by atoms with Crippen LogP contribution in [0.25, 0.3) is 0 Å². The molecule has 0 bridgehead atoms. The van der Waals surface area contributed by atoms with Crippen LogP contribution in [0.4, 0.5) is 4.79 Å². The van der Waals surface area contributed by atoms with E-state index in [-0.39, 0.29) is 11.7 Å². The maximum atomic E-state index is 12.5. The Labute approximate surface area is 136 Å². The highest BCUT2D eigenvalue weighted by Gasteiger charge is 2.47. The number of nitrogens with zero attached hydrogens (tertiary/aromatic N) is 1. The van der Waals surface area contributed by atoms with E-state index in [4.69, 9.17) is 0 Å². The normalized spacial score (nSPS) is 27.0. The van der Waals surface area contributed by atoms with Crippen molar-refractivity contribution in [3.8, 4) is 0 Å². The van der Waals surface area contributed by atoms with Crippen LogP contribution < -0.4 is 10.6 Å². The minimum absolute atomic E-state index is 0.0663. The lowest BCUT2D eigenvalue weighted by Gasteiger charge is -2.37. The summed E-state index contributed by atoms with van der Waals surface area (Å²) in [7, 11) is 0.